The summed E-state index contributed by atoms with van der Waals surface area (Å²) in [6, 6.07) is 17.1. The van der Waals surface area contributed by atoms with E-state index in [4.69, 9.17) is 0 Å². The van der Waals surface area contributed by atoms with Crippen molar-refractivity contribution >= 4 is 50.9 Å². The summed E-state index contributed by atoms with van der Waals surface area (Å²) >= 11 is 0. The van der Waals surface area contributed by atoms with Crippen molar-refractivity contribution in [2.24, 2.45) is 0 Å². The zero-order valence-corrected chi connectivity index (χ0v) is 13.0. The molecule has 4 aromatic carbocycles. The lowest BCUT2D eigenvalue weighted by Crippen LogP contribution is -2.06. The smallest absolute Gasteiger partial charge is 0.337 e. The molecular formula is C21H12O4. The molecule has 0 aromatic heterocycles. The summed E-state index contributed by atoms with van der Waals surface area (Å²) in [5.41, 5.74) is -0.139. The molecule has 0 spiro atoms. The lowest BCUT2D eigenvalue weighted by molar-refractivity contribution is 0.0696. The highest BCUT2D eigenvalue weighted by atomic mass is 16.4. The fourth-order valence-corrected chi connectivity index (χ4v) is 3.34. The maximum atomic E-state index is 11.7. The van der Waals surface area contributed by atoms with Crippen LogP contribution >= 0.6 is 0 Å². The van der Waals surface area contributed by atoms with Gasteiger partial charge >= 0.3 is 5.97 Å². The third-order valence-corrected chi connectivity index (χ3v) is 4.49. The van der Waals surface area contributed by atoms with E-state index < -0.39 is 5.97 Å². The quantitative estimate of drug-likeness (QED) is 0.445. The van der Waals surface area contributed by atoms with Gasteiger partial charge in [0, 0.05) is 11.1 Å². The van der Waals surface area contributed by atoms with Crippen LogP contribution in [0.2, 0.25) is 0 Å². The number of hydrogen-bond acceptors (Lipinski definition) is 3. The molecule has 0 heterocycles. The molecule has 0 unspecified atom stereocenters. The van der Waals surface area contributed by atoms with Gasteiger partial charge in [-0.3, -0.25) is 9.59 Å². The third kappa shape index (κ3) is 2.27. The molecule has 0 atom stereocenters. The largest absolute Gasteiger partial charge is 0.478 e. The van der Waals surface area contributed by atoms with E-state index in [0.717, 1.165) is 21.5 Å². The summed E-state index contributed by atoms with van der Waals surface area (Å²) in [6.45, 7) is 0. The van der Waals surface area contributed by atoms with Crippen molar-refractivity contribution in [3.8, 4) is 0 Å². The van der Waals surface area contributed by atoms with Gasteiger partial charge in [-0.25, -0.2) is 4.79 Å². The molecule has 4 heteroatoms. The Morgan fingerprint density at radius 3 is 1.92 bits per heavy atom. The van der Waals surface area contributed by atoms with Crippen LogP contribution in [0.15, 0.2) is 54.6 Å². The third-order valence-electron chi connectivity index (χ3n) is 4.49. The van der Waals surface area contributed by atoms with Gasteiger partial charge in [-0.15, -0.1) is 0 Å². The molecule has 120 valence electrons. The Kier molecular flexibility index (Phi) is 3.32. The molecule has 4 nitrogen and oxygen atoms in total. The van der Waals surface area contributed by atoms with E-state index in [0.29, 0.717) is 23.3 Å². The number of fused-ring (bicyclic) bond motifs is 3. The van der Waals surface area contributed by atoms with Crippen LogP contribution in [0.25, 0.3) is 32.3 Å². The van der Waals surface area contributed by atoms with Crippen LogP contribution in [0, 0.1) is 0 Å². The second-order valence-electron chi connectivity index (χ2n) is 5.92. The summed E-state index contributed by atoms with van der Waals surface area (Å²) in [6.07, 6.45) is 0.942. The van der Waals surface area contributed by atoms with Crippen LogP contribution in [0.3, 0.4) is 0 Å². The van der Waals surface area contributed by atoms with E-state index in [1.807, 2.05) is 42.5 Å². The van der Waals surface area contributed by atoms with Crippen molar-refractivity contribution in [1.29, 1.82) is 0 Å². The maximum absolute atomic E-state index is 11.7. The highest BCUT2D eigenvalue weighted by Crippen LogP contribution is 2.31. The molecule has 0 amide bonds. The van der Waals surface area contributed by atoms with Gasteiger partial charge in [0.1, 0.15) is 0 Å². The first-order valence-corrected chi connectivity index (χ1v) is 7.69. The van der Waals surface area contributed by atoms with E-state index in [1.54, 1.807) is 12.1 Å². The molecule has 4 rings (SSSR count). The highest BCUT2D eigenvalue weighted by Gasteiger charge is 2.19. The Bertz CT molecular complexity index is 1210. The van der Waals surface area contributed by atoms with E-state index in [9.17, 15) is 19.5 Å². The van der Waals surface area contributed by atoms with Crippen LogP contribution < -0.4 is 0 Å². The first kappa shape index (κ1) is 15.0. The molecule has 0 fully saturated rings. The number of aromatic carboxylic acids is 1. The number of carbonyl (C=O) groups excluding carboxylic acids is 2. The molecule has 1 N–H and O–H groups in total. The Hall–Kier alpha value is -3.53. The number of hydrogen-bond donors (Lipinski definition) is 1. The molecule has 0 saturated heterocycles. The Labute approximate surface area is 142 Å². The predicted molar refractivity (Wildman–Crippen MR) is 96.7 cm³/mol. The van der Waals surface area contributed by atoms with Gasteiger partial charge in [-0.2, -0.15) is 0 Å². The van der Waals surface area contributed by atoms with Crippen molar-refractivity contribution in [2.45, 2.75) is 0 Å². The minimum Gasteiger partial charge on any atom is -0.478 e. The van der Waals surface area contributed by atoms with E-state index in [-0.39, 0.29) is 16.7 Å². The maximum Gasteiger partial charge on any atom is 0.337 e. The topological polar surface area (TPSA) is 71.4 Å². The van der Waals surface area contributed by atoms with Gasteiger partial charge in [0.15, 0.2) is 12.6 Å². The zero-order valence-electron chi connectivity index (χ0n) is 13.0. The molecular weight excluding hydrogens is 316 g/mol. The van der Waals surface area contributed by atoms with Gasteiger partial charge in [0.05, 0.1) is 5.56 Å². The van der Waals surface area contributed by atoms with Gasteiger partial charge < -0.3 is 5.11 Å². The molecule has 0 aliphatic heterocycles. The van der Waals surface area contributed by atoms with E-state index >= 15 is 0 Å². The molecule has 25 heavy (non-hydrogen) atoms. The number of rotatable bonds is 3. The molecule has 4 aromatic rings. The molecule has 0 radical (unpaired) electrons. The first-order chi connectivity index (χ1) is 12.1. The minimum absolute atomic E-state index is 0.0834. The number of carboxylic acids is 1. The second kappa shape index (κ2) is 5.53. The van der Waals surface area contributed by atoms with E-state index in [1.165, 1.54) is 0 Å². The average molecular weight is 328 g/mol. The van der Waals surface area contributed by atoms with Crippen molar-refractivity contribution < 1.29 is 19.5 Å². The summed E-state index contributed by atoms with van der Waals surface area (Å²) < 4.78 is 0. The average Bonchev–Trinajstić information content (AvgIpc) is 2.62. The lowest BCUT2D eigenvalue weighted by atomic mass is 9.92. The SMILES string of the molecule is O=Cc1cc2cc3cc4ccccc4cc3cc2c(C(=O)O)c1C=O. The molecule has 0 aliphatic rings. The predicted octanol–water partition coefficient (Wildman–Crippen LogP) is 4.47. The zero-order chi connectivity index (χ0) is 17.6. The molecule has 0 saturated carbocycles. The second-order valence-corrected chi connectivity index (χ2v) is 5.92. The molecule has 0 bridgehead atoms. The van der Waals surface area contributed by atoms with Gasteiger partial charge in [-0.05, 0) is 62.6 Å². The number of aldehydes is 2. The number of carbonyl (C=O) groups is 3. The van der Waals surface area contributed by atoms with Crippen LogP contribution in [-0.4, -0.2) is 23.6 Å². The van der Waals surface area contributed by atoms with Crippen LogP contribution in [0.4, 0.5) is 0 Å². The highest BCUT2D eigenvalue weighted by molar-refractivity contribution is 6.16. The van der Waals surface area contributed by atoms with Crippen LogP contribution in [0.1, 0.15) is 31.1 Å². The van der Waals surface area contributed by atoms with Gasteiger partial charge in [-0.1, -0.05) is 24.3 Å². The summed E-state index contributed by atoms with van der Waals surface area (Å²) in [4.78, 5) is 34.4. The van der Waals surface area contributed by atoms with Crippen molar-refractivity contribution in [2.75, 3.05) is 0 Å². The van der Waals surface area contributed by atoms with Crippen molar-refractivity contribution in [3.63, 3.8) is 0 Å². The Morgan fingerprint density at radius 1 is 0.760 bits per heavy atom. The fourth-order valence-electron chi connectivity index (χ4n) is 3.34. The fraction of sp³-hybridized carbons (Fsp3) is 0. The summed E-state index contributed by atoms with van der Waals surface area (Å²) in [5, 5.41) is 14.6. The van der Waals surface area contributed by atoms with Gasteiger partial charge in [0.25, 0.3) is 0 Å². The standard InChI is InChI=1S/C21H12O4/c22-10-17-8-16-7-14-5-12-3-1-2-4-13(12)6-15(14)9-18(16)20(21(24)25)19(17)11-23/h1-11H,(H,24,25). The normalized spacial score (nSPS) is 11.0. The minimum atomic E-state index is -1.23. The van der Waals surface area contributed by atoms with Gasteiger partial charge in [0.2, 0.25) is 0 Å². The van der Waals surface area contributed by atoms with Crippen molar-refractivity contribution in [3.05, 3.63) is 71.3 Å². The number of benzene rings is 4. The Morgan fingerprint density at radius 2 is 1.36 bits per heavy atom. The molecule has 0 aliphatic carbocycles. The Balaban J connectivity index is 2.20. The monoisotopic (exact) mass is 328 g/mol. The lowest BCUT2D eigenvalue weighted by Gasteiger charge is -2.11. The summed E-state index contributed by atoms with van der Waals surface area (Å²) in [7, 11) is 0. The van der Waals surface area contributed by atoms with Crippen molar-refractivity contribution in [1.82, 2.24) is 0 Å². The van der Waals surface area contributed by atoms with Crippen LogP contribution in [-0.2, 0) is 0 Å². The first-order valence-electron chi connectivity index (χ1n) is 7.69. The van der Waals surface area contributed by atoms with E-state index in [2.05, 4.69) is 0 Å². The summed E-state index contributed by atoms with van der Waals surface area (Å²) in [5.74, 6) is -1.23. The number of carboxylic acid groups (broad SMARTS) is 1. The van der Waals surface area contributed by atoms with Crippen LogP contribution in [0.5, 0.6) is 0 Å².